The van der Waals surface area contributed by atoms with Crippen molar-refractivity contribution in [2.75, 3.05) is 6.54 Å². The highest BCUT2D eigenvalue weighted by molar-refractivity contribution is 7.89. The van der Waals surface area contributed by atoms with Crippen LogP contribution in [0.5, 0.6) is 0 Å². The topological polar surface area (TPSA) is 97.7 Å². The summed E-state index contributed by atoms with van der Waals surface area (Å²) < 4.78 is 25.5. The van der Waals surface area contributed by atoms with Gasteiger partial charge in [0.25, 0.3) is 0 Å². The Labute approximate surface area is 125 Å². The number of hydrogen-bond donors (Lipinski definition) is 1. The molecular formula is C11H10Cl2NO5S-. The number of carbonyl (C=O) groups is 1. The van der Waals surface area contributed by atoms with E-state index in [9.17, 15) is 23.4 Å². The monoisotopic (exact) mass is 338 g/mol. The Kier molecular flexibility index (Phi) is 4.27. The molecule has 9 heteroatoms. The standard InChI is InChI=1S/C11H11Cl2NO5S/c12-8-2-1-7(4-9(8)13)20(18,19)14-5-6(15)3-10(14)11(16)17/h1-2,4,6,10,15H,3,5H2,(H,16,17)/p-1/t6-,10+/m1/s1. The molecule has 1 aliphatic rings. The molecule has 0 amide bonds. The zero-order chi connectivity index (χ0) is 15.1. The van der Waals surface area contributed by atoms with Crippen molar-refractivity contribution in [2.45, 2.75) is 23.5 Å². The third-order valence-corrected chi connectivity index (χ3v) is 5.61. The summed E-state index contributed by atoms with van der Waals surface area (Å²) in [4.78, 5) is 10.8. The fourth-order valence-electron chi connectivity index (χ4n) is 2.04. The van der Waals surface area contributed by atoms with Gasteiger partial charge in [0.2, 0.25) is 10.0 Å². The molecule has 0 spiro atoms. The molecule has 0 radical (unpaired) electrons. The number of rotatable bonds is 3. The Bertz CT molecular complexity index is 648. The first kappa shape index (κ1) is 15.5. The molecule has 0 saturated carbocycles. The number of carboxylic acid groups (broad SMARTS) is 1. The van der Waals surface area contributed by atoms with Gasteiger partial charge in [0, 0.05) is 6.54 Å². The molecule has 1 aliphatic heterocycles. The van der Waals surface area contributed by atoms with Gasteiger partial charge in [0.1, 0.15) is 0 Å². The van der Waals surface area contributed by atoms with Crippen LogP contribution in [-0.4, -0.2) is 42.5 Å². The van der Waals surface area contributed by atoms with Gasteiger partial charge in [-0.15, -0.1) is 0 Å². The lowest BCUT2D eigenvalue weighted by molar-refractivity contribution is -0.309. The van der Waals surface area contributed by atoms with Gasteiger partial charge in [-0.3, -0.25) is 0 Å². The van der Waals surface area contributed by atoms with E-state index in [1.54, 1.807) is 0 Å². The quantitative estimate of drug-likeness (QED) is 0.827. The number of nitrogens with zero attached hydrogens (tertiary/aromatic N) is 1. The summed E-state index contributed by atoms with van der Waals surface area (Å²) in [5.74, 6) is -1.55. The number of hydrogen-bond acceptors (Lipinski definition) is 5. The largest absolute Gasteiger partial charge is 0.548 e. The maximum absolute atomic E-state index is 12.4. The summed E-state index contributed by atoms with van der Waals surface area (Å²) in [6, 6.07) is 2.26. The van der Waals surface area contributed by atoms with E-state index in [1.165, 1.54) is 12.1 Å². The molecule has 110 valence electrons. The minimum atomic E-state index is -4.10. The van der Waals surface area contributed by atoms with Gasteiger partial charge in [-0.25, -0.2) is 8.42 Å². The molecule has 0 unspecified atom stereocenters. The smallest absolute Gasteiger partial charge is 0.243 e. The van der Waals surface area contributed by atoms with Crippen LogP contribution >= 0.6 is 23.2 Å². The Morgan fingerprint density at radius 1 is 1.35 bits per heavy atom. The molecule has 2 atom stereocenters. The average molecular weight is 339 g/mol. The van der Waals surface area contributed by atoms with Crippen LogP contribution in [0.25, 0.3) is 0 Å². The van der Waals surface area contributed by atoms with E-state index in [4.69, 9.17) is 23.2 Å². The number of halogens is 2. The molecular weight excluding hydrogens is 329 g/mol. The molecule has 0 aliphatic carbocycles. The van der Waals surface area contributed by atoms with E-state index in [-0.39, 0.29) is 27.9 Å². The first-order valence-electron chi connectivity index (χ1n) is 5.59. The second-order valence-corrected chi connectivity index (χ2v) is 7.08. The zero-order valence-electron chi connectivity index (χ0n) is 9.99. The lowest BCUT2D eigenvalue weighted by Crippen LogP contribution is -2.46. The number of carboxylic acids is 1. The van der Waals surface area contributed by atoms with Crippen molar-refractivity contribution < 1.29 is 23.4 Å². The van der Waals surface area contributed by atoms with Crippen molar-refractivity contribution in [1.29, 1.82) is 0 Å². The van der Waals surface area contributed by atoms with Crippen molar-refractivity contribution in [3.05, 3.63) is 28.2 Å². The Balaban J connectivity index is 2.43. The highest BCUT2D eigenvalue weighted by Crippen LogP contribution is 2.30. The Morgan fingerprint density at radius 3 is 2.55 bits per heavy atom. The Morgan fingerprint density at radius 2 is 2.00 bits per heavy atom. The summed E-state index contributed by atoms with van der Waals surface area (Å²) in [6.07, 6.45) is -1.25. The number of carbonyl (C=O) groups excluding carboxylic acids is 1. The van der Waals surface area contributed by atoms with Gasteiger partial charge in [0.05, 0.1) is 33.1 Å². The lowest BCUT2D eigenvalue weighted by Gasteiger charge is -2.24. The lowest BCUT2D eigenvalue weighted by atomic mass is 10.2. The second-order valence-electron chi connectivity index (χ2n) is 4.37. The average Bonchev–Trinajstić information content (AvgIpc) is 2.75. The molecule has 6 nitrogen and oxygen atoms in total. The van der Waals surface area contributed by atoms with Crippen molar-refractivity contribution in [1.82, 2.24) is 4.31 Å². The number of aliphatic hydroxyl groups is 1. The first-order valence-corrected chi connectivity index (χ1v) is 7.79. The highest BCUT2D eigenvalue weighted by atomic mass is 35.5. The van der Waals surface area contributed by atoms with E-state index in [1.807, 2.05) is 0 Å². The maximum atomic E-state index is 12.4. The zero-order valence-corrected chi connectivity index (χ0v) is 12.3. The molecule has 1 saturated heterocycles. The van der Waals surface area contributed by atoms with Crippen LogP contribution in [0.2, 0.25) is 10.0 Å². The molecule has 2 rings (SSSR count). The van der Waals surface area contributed by atoms with Crippen molar-refractivity contribution >= 4 is 39.2 Å². The number of benzene rings is 1. The van der Waals surface area contributed by atoms with E-state index < -0.39 is 28.1 Å². The Hall–Kier alpha value is -0.860. The first-order chi connectivity index (χ1) is 9.23. The van der Waals surface area contributed by atoms with Crippen molar-refractivity contribution in [3.8, 4) is 0 Å². The molecule has 1 aromatic rings. The van der Waals surface area contributed by atoms with Gasteiger partial charge in [-0.1, -0.05) is 23.2 Å². The highest BCUT2D eigenvalue weighted by Gasteiger charge is 2.40. The maximum Gasteiger partial charge on any atom is 0.243 e. The fraction of sp³-hybridized carbons (Fsp3) is 0.364. The summed E-state index contributed by atoms with van der Waals surface area (Å²) in [6.45, 7) is -0.304. The molecule has 1 fully saturated rings. The molecule has 1 aromatic carbocycles. The van der Waals surface area contributed by atoms with Gasteiger partial charge < -0.3 is 15.0 Å². The predicted molar refractivity (Wildman–Crippen MR) is 69.8 cm³/mol. The van der Waals surface area contributed by atoms with Crippen LogP contribution in [0, 0.1) is 0 Å². The van der Waals surface area contributed by atoms with Crippen molar-refractivity contribution in [3.63, 3.8) is 0 Å². The van der Waals surface area contributed by atoms with Crippen LogP contribution in [0.1, 0.15) is 6.42 Å². The summed E-state index contributed by atoms with van der Waals surface area (Å²) in [7, 11) is -4.10. The number of sulfonamides is 1. The van der Waals surface area contributed by atoms with Gasteiger partial charge in [0.15, 0.2) is 0 Å². The number of aliphatic hydroxyl groups excluding tert-OH is 1. The second kappa shape index (κ2) is 5.50. The molecule has 1 N–H and O–H groups in total. The van der Waals surface area contributed by atoms with E-state index in [2.05, 4.69) is 0 Å². The molecule has 0 aromatic heterocycles. The van der Waals surface area contributed by atoms with Crippen molar-refractivity contribution in [2.24, 2.45) is 0 Å². The summed E-state index contributed by atoms with van der Waals surface area (Å²) in [5, 5.41) is 20.7. The van der Waals surface area contributed by atoms with Crippen LogP contribution in [0.3, 0.4) is 0 Å². The van der Waals surface area contributed by atoms with Crippen LogP contribution in [0.4, 0.5) is 0 Å². The predicted octanol–water partition coefficient (Wildman–Crippen LogP) is -0.133. The SMILES string of the molecule is O=C([O-])[C@@H]1C[C@@H](O)CN1S(=O)(=O)c1ccc(Cl)c(Cl)c1. The molecule has 20 heavy (non-hydrogen) atoms. The van der Waals surface area contributed by atoms with E-state index >= 15 is 0 Å². The number of β-amino-alcohol motifs (C(OH)–C–C–N with tert-alkyl or cyclic N) is 1. The third-order valence-electron chi connectivity index (χ3n) is 3.00. The van der Waals surface area contributed by atoms with Crippen LogP contribution in [-0.2, 0) is 14.8 Å². The minimum absolute atomic E-state index is 0.0393. The van der Waals surface area contributed by atoms with Gasteiger partial charge in [-0.05, 0) is 24.6 Å². The fourth-order valence-corrected chi connectivity index (χ4v) is 4.05. The minimum Gasteiger partial charge on any atom is -0.548 e. The third kappa shape index (κ3) is 2.77. The summed E-state index contributed by atoms with van der Waals surface area (Å²) >= 11 is 11.5. The van der Waals surface area contributed by atoms with Gasteiger partial charge in [-0.2, -0.15) is 4.31 Å². The van der Waals surface area contributed by atoms with Crippen LogP contribution < -0.4 is 5.11 Å². The summed E-state index contributed by atoms with van der Waals surface area (Å²) in [5.41, 5.74) is 0. The van der Waals surface area contributed by atoms with E-state index in [0.29, 0.717) is 4.31 Å². The molecule has 0 bridgehead atoms. The molecule has 1 heterocycles. The van der Waals surface area contributed by atoms with Crippen LogP contribution in [0.15, 0.2) is 23.1 Å². The number of aliphatic carboxylic acids is 1. The van der Waals surface area contributed by atoms with E-state index in [0.717, 1.165) is 6.07 Å². The normalized spacial score (nSPS) is 23.9. The van der Waals surface area contributed by atoms with Gasteiger partial charge >= 0.3 is 0 Å².